The van der Waals surface area contributed by atoms with Crippen LogP contribution < -0.4 is 11.1 Å². The van der Waals surface area contributed by atoms with Gasteiger partial charge in [0.05, 0.1) is 0 Å². The summed E-state index contributed by atoms with van der Waals surface area (Å²) in [6.45, 7) is 4.64. The maximum absolute atomic E-state index is 5.49. The average Bonchev–Trinajstić information content (AvgIpc) is 2.59. The van der Waals surface area contributed by atoms with Gasteiger partial charge in [-0.25, -0.2) is 0 Å². The van der Waals surface area contributed by atoms with E-state index in [4.69, 9.17) is 5.73 Å². The van der Waals surface area contributed by atoms with E-state index < -0.39 is 0 Å². The topological polar surface area (TPSA) is 63.8 Å². The molecule has 1 heterocycles. The molecule has 15 heavy (non-hydrogen) atoms. The van der Waals surface area contributed by atoms with E-state index in [0.29, 0.717) is 17.9 Å². The summed E-state index contributed by atoms with van der Waals surface area (Å²) < 4.78 is 3.97. The molecule has 84 valence electrons. The Morgan fingerprint density at radius 1 is 1.40 bits per heavy atom. The molecule has 1 aliphatic rings. The van der Waals surface area contributed by atoms with Gasteiger partial charge in [-0.1, -0.05) is 26.7 Å². The normalized spacial score (nSPS) is 31.5. The second-order valence-electron chi connectivity index (χ2n) is 4.48. The summed E-state index contributed by atoms with van der Waals surface area (Å²) in [6, 6.07) is 0.529. The third kappa shape index (κ3) is 2.40. The molecular weight excluding hydrogens is 208 g/mol. The lowest BCUT2D eigenvalue weighted by molar-refractivity contribution is 0.253. The molecule has 4 nitrogen and oxygen atoms in total. The van der Waals surface area contributed by atoms with Gasteiger partial charge in [0.25, 0.3) is 0 Å². The molecule has 3 atom stereocenters. The van der Waals surface area contributed by atoms with E-state index in [9.17, 15) is 0 Å². The Hall–Kier alpha value is -0.840. The van der Waals surface area contributed by atoms with Crippen molar-refractivity contribution in [2.75, 3.05) is 11.1 Å². The van der Waals surface area contributed by atoms with E-state index in [0.717, 1.165) is 11.0 Å². The minimum Gasteiger partial charge on any atom is -0.367 e. The highest BCUT2D eigenvalue weighted by molar-refractivity contribution is 7.09. The SMILES string of the molecule is CC1CCCC(Nc2nc(N)ns2)C1C. The van der Waals surface area contributed by atoms with Crippen molar-refractivity contribution in [2.45, 2.75) is 39.2 Å². The molecule has 0 amide bonds. The van der Waals surface area contributed by atoms with Crippen molar-refractivity contribution in [3.8, 4) is 0 Å². The molecule has 0 aromatic carbocycles. The minimum absolute atomic E-state index is 0.374. The molecule has 3 N–H and O–H groups in total. The van der Waals surface area contributed by atoms with Crippen LogP contribution >= 0.6 is 11.5 Å². The Morgan fingerprint density at radius 3 is 2.87 bits per heavy atom. The Kier molecular flexibility index (Phi) is 3.09. The largest absolute Gasteiger partial charge is 0.367 e. The summed E-state index contributed by atoms with van der Waals surface area (Å²) in [5.74, 6) is 1.87. The van der Waals surface area contributed by atoms with Gasteiger partial charge in [-0.05, 0) is 18.3 Å². The third-order valence-electron chi connectivity index (χ3n) is 3.46. The Morgan fingerprint density at radius 2 is 2.20 bits per heavy atom. The first-order chi connectivity index (χ1) is 7.16. The van der Waals surface area contributed by atoms with Crippen molar-refractivity contribution in [3.63, 3.8) is 0 Å². The molecule has 0 radical (unpaired) electrons. The van der Waals surface area contributed by atoms with E-state index in [1.165, 1.54) is 30.8 Å². The summed E-state index contributed by atoms with van der Waals surface area (Å²) in [4.78, 5) is 4.14. The Bertz CT molecular complexity index is 325. The number of nitrogens with two attached hydrogens (primary N) is 1. The van der Waals surface area contributed by atoms with Crippen LogP contribution in [-0.4, -0.2) is 15.4 Å². The Balaban J connectivity index is 1.99. The zero-order valence-electron chi connectivity index (χ0n) is 9.23. The van der Waals surface area contributed by atoms with Gasteiger partial charge in [0.1, 0.15) is 0 Å². The number of hydrogen-bond donors (Lipinski definition) is 2. The molecule has 0 bridgehead atoms. The van der Waals surface area contributed by atoms with Gasteiger partial charge in [-0.15, -0.1) is 0 Å². The van der Waals surface area contributed by atoms with Crippen molar-refractivity contribution in [2.24, 2.45) is 11.8 Å². The Labute approximate surface area is 94.5 Å². The third-order valence-corrected chi connectivity index (χ3v) is 4.12. The van der Waals surface area contributed by atoms with Crippen LogP contribution in [0.5, 0.6) is 0 Å². The number of rotatable bonds is 2. The molecule has 0 saturated heterocycles. The number of nitrogens with zero attached hydrogens (tertiary/aromatic N) is 2. The van der Waals surface area contributed by atoms with E-state index in [2.05, 4.69) is 28.5 Å². The molecule has 0 aliphatic heterocycles. The average molecular weight is 226 g/mol. The van der Waals surface area contributed by atoms with Gasteiger partial charge in [0.2, 0.25) is 11.1 Å². The predicted molar refractivity (Wildman–Crippen MR) is 63.9 cm³/mol. The molecule has 1 aromatic heterocycles. The van der Waals surface area contributed by atoms with Crippen molar-refractivity contribution >= 4 is 22.6 Å². The standard InChI is InChI=1S/C10H18N4S/c1-6-4-3-5-8(7(6)2)12-10-13-9(11)14-15-10/h6-8H,3-5H2,1-2H3,(H3,11,12,13,14). The number of nitrogen functional groups attached to an aromatic ring is 1. The molecule has 2 rings (SSSR count). The second-order valence-corrected chi connectivity index (χ2v) is 5.23. The summed E-state index contributed by atoms with van der Waals surface area (Å²) in [5, 5.41) is 4.31. The van der Waals surface area contributed by atoms with Crippen LogP contribution in [0.2, 0.25) is 0 Å². The van der Waals surface area contributed by atoms with Crippen molar-refractivity contribution in [3.05, 3.63) is 0 Å². The molecular formula is C10H18N4S. The van der Waals surface area contributed by atoms with Gasteiger partial charge in [0, 0.05) is 17.6 Å². The van der Waals surface area contributed by atoms with Crippen LogP contribution in [0.1, 0.15) is 33.1 Å². The first-order valence-corrected chi connectivity index (χ1v) is 6.30. The van der Waals surface area contributed by atoms with Crippen LogP contribution in [0, 0.1) is 11.8 Å². The monoisotopic (exact) mass is 226 g/mol. The van der Waals surface area contributed by atoms with Gasteiger partial charge in [-0.3, -0.25) is 0 Å². The van der Waals surface area contributed by atoms with E-state index in [1.807, 2.05) is 0 Å². The van der Waals surface area contributed by atoms with Crippen LogP contribution in [0.25, 0.3) is 0 Å². The van der Waals surface area contributed by atoms with Gasteiger partial charge >= 0.3 is 0 Å². The highest BCUT2D eigenvalue weighted by Crippen LogP contribution is 2.31. The maximum atomic E-state index is 5.49. The fourth-order valence-corrected chi connectivity index (χ4v) is 2.80. The minimum atomic E-state index is 0.374. The first kappa shape index (κ1) is 10.7. The lowest BCUT2D eigenvalue weighted by Gasteiger charge is -2.34. The summed E-state index contributed by atoms with van der Waals surface area (Å²) in [5.41, 5.74) is 5.49. The first-order valence-electron chi connectivity index (χ1n) is 5.52. The lowest BCUT2D eigenvalue weighted by Crippen LogP contribution is -2.34. The van der Waals surface area contributed by atoms with E-state index in [1.54, 1.807) is 0 Å². The molecule has 0 spiro atoms. The van der Waals surface area contributed by atoms with Gasteiger partial charge in [0.15, 0.2) is 0 Å². The summed E-state index contributed by atoms with van der Waals surface area (Å²) in [7, 11) is 0. The van der Waals surface area contributed by atoms with Crippen LogP contribution in [-0.2, 0) is 0 Å². The second kappa shape index (κ2) is 4.35. The molecule has 1 aromatic rings. The molecule has 3 unspecified atom stereocenters. The number of hydrogen-bond acceptors (Lipinski definition) is 5. The van der Waals surface area contributed by atoms with Crippen molar-refractivity contribution in [1.29, 1.82) is 0 Å². The maximum Gasteiger partial charge on any atom is 0.233 e. The summed E-state index contributed by atoms with van der Waals surface area (Å²) in [6.07, 6.45) is 3.88. The molecule has 5 heteroatoms. The number of aromatic nitrogens is 2. The van der Waals surface area contributed by atoms with Crippen LogP contribution in [0.15, 0.2) is 0 Å². The van der Waals surface area contributed by atoms with E-state index in [-0.39, 0.29) is 0 Å². The molecule has 1 fully saturated rings. The fourth-order valence-electron chi connectivity index (χ4n) is 2.24. The number of anilines is 2. The van der Waals surface area contributed by atoms with Crippen molar-refractivity contribution in [1.82, 2.24) is 9.36 Å². The van der Waals surface area contributed by atoms with Gasteiger partial charge in [-0.2, -0.15) is 9.36 Å². The zero-order valence-corrected chi connectivity index (χ0v) is 10.0. The smallest absolute Gasteiger partial charge is 0.233 e. The summed E-state index contributed by atoms with van der Waals surface area (Å²) >= 11 is 1.35. The zero-order chi connectivity index (χ0) is 10.8. The number of nitrogens with one attached hydrogen (secondary N) is 1. The lowest BCUT2D eigenvalue weighted by atomic mass is 9.78. The van der Waals surface area contributed by atoms with Crippen LogP contribution in [0.3, 0.4) is 0 Å². The van der Waals surface area contributed by atoms with Crippen LogP contribution in [0.4, 0.5) is 11.1 Å². The van der Waals surface area contributed by atoms with Gasteiger partial charge < -0.3 is 11.1 Å². The molecule has 1 aliphatic carbocycles. The fraction of sp³-hybridized carbons (Fsp3) is 0.800. The predicted octanol–water partition coefficient (Wildman–Crippen LogP) is 2.36. The highest BCUT2D eigenvalue weighted by Gasteiger charge is 2.27. The quantitative estimate of drug-likeness (QED) is 0.812. The molecule has 1 saturated carbocycles. The van der Waals surface area contributed by atoms with E-state index >= 15 is 0 Å². The highest BCUT2D eigenvalue weighted by atomic mass is 32.1. The van der Waals surface area contributed by atoms with Crippen molar-refractivity contribution < 1.29 is 0 Å².